The quantitative estimate of drug-likeness (QED) is 0.408. The number of ketones is 1. The van der Waals surface area contributed by atoms with E-state index in [1.807, 2.05) is 54.0 Å². The van der Waals surface area contributed by atoms with Crippen molar-refractivity contribution in [2.75, 3.05) is 5.75 Å². The number of hydrogen-bond acceptors (Lipinski definition) is 5. The van der Waals surface area contributed by atoms with E-state index in [1.54, 1.807) is 24.7 Å². The van der Waals surface area contributed by atoms with E-state index in [9.17, 15) is 4.79 Å². The molecule has 3 heterocycles. The summed E-state index contributed by atoms with van der Waals surface area (Å²) >= 11 is 1.38. The summed E-state index contributed by atoms with van der Waals surface area (Å²) in [4.78, 5) is 19.4. The maximum absolute atomic E-state index is 12.4. The van der Waals surface area contributed by atoms with Crippen molar-refractivity contribution >= 4 is 17.5 Å². The van der Waals surface area contributed by atoms with E-state index in [0.29, 0.717) is 10.9 Å². The van der Waals surface area contributed by atoms with Crippen LogP contribution in [0.2, 0.25) is 0 Å². The zero-order chi connectivity index (χ0) is 18.6. The second-order valence-electron chi connectivity index (χ2n) is 5.96. The summed E-state index contributed by atoms with van der Waals surface area (Å²) in [6.45, 7) is 2.05. The predicted octanol–water partition coefficient (Wildman–Crippen LogP) is 3.94. The van der Waals surface area contributed by atoms with E-state index >= 15 is 0 Å². The zero-order valence-corrected chi connectivity index (χ0v) is 15.5. The Morgan fingerprint density at radius 2 is 1.89 bits per heavy atom. The molecule has 4 rings (SSSR count). The van der Waals surface area contributed by atoms with E-state index in [4.69, 9.17) is 0 Å². The summed E-state index contributed by atoms with van der Waals surface area (Å²) in [6.07, 6.45) is 5.21. The molecule has 0 aliphatic carbocycles. The first-order chi connectivity index (χ1) is 13.2. The van der Waals surface area contributed by atoms with Gasteiger partial charge in [-0.2, -0.15) is 0 Å². The fraction of sp³-hybridized carbons (Fsp3) is 0.100. The highest BCUT2D eigenvalue weighted by Crippen LogP contribution is 2.29. The number of aromatic amines is 1. The van der Waals surface area contributed by atoms with Crippen molar-refractivity contribution in [3.8, 4) is 17.1 Å². The third-order valence-electron chi connectivity index (χ3n) is 4.16. The van der Waals surface area contributed by atoms with Crippen molar-refractivity contribution in [3.05, 3.63) is 78.4 Å². The maximum atomic E-state index is 12.4. The highest BCUT2D eigenvalue weighted by molar-refractivity contribution is 7.99. The lowest BCUT2D eigenvalue weighted by Crippen LogP contribution is -2.06. The van der Waals surface area contributed by atoms with Gasteiger partial charge in [-0.25, -0.2) is 0 Å². The van der Waals surface area contributed by atoms with E-state index in [0.717, 1.165) is 22.6 Å². The lowest BCUT2D eigenvalue weighted by atomic mass is 10.2. The summed E-state index contributed by atoms with van der Waals surface area (Å²) in [7, 11) is 0. The summed E-state index contributed by atoms with van der Waals surface area (Å²) in [5.74, 6) is 1.03. The number of nitrogens with zero attached hydrogens (tertiary/aromatic N) is 4. The minimum atomic E-state index is 0.0230. The zero-order valence-electron chi connectivity index (χ0n) is 14.7. The van der Waals surface area contributed by atoms with Crippen molar-refractivity contribution in [2.24, 2.45) is 0 Å². The molecule has 1 N–H and O–H groups in total. The van der Waals surface area contributed by atoms with Gasteiger partial charge in [0.15, 0.2) is 16.8 Å². The fourth-order valence-electron chi connectivity index (χ4n) is 2.79. The molecule has 0 bridgehead atoms. The van der Waals surface area contributed by atoms with Crippen LogP contribution in [-0.2, 0) is 0 Å². The van der Waals surface area contributed by atoms with Crippen molar-refractivity contribution in [3.63, 3.8) is 0 Å². The minimum absolute atomic E-state index is 0.0230. The molecule has 6 nitrogen and oxygen atoms in total. The van der Waals surface area contributed by atoms with Gasteiger partial charge in [-0.05, 0) is 42.8 Å². The summed E-state index contributed by atoms with van der Waals surface area (Å²) in [5, 5.41) is 9.42. The first-order valence-corrected chi connectivity index (χ1v) is 9.44. The molecule has 0 atom stereocenters. The van der Waals surface area contributed by atoms with E-state index < -0.39 is 0 Å². The molecule has 0 radical (unpaired) electrons. The van der Waals surface area contributed by atoms with Gasteiger partial charge in [-0.15, -0.1) is 10.2 Å². The normalized spacial score (nSPS) is 10.9. The van der Waals surface area contributed by atoms with Crippen LogP contribution in [0.3, 0.4) is 0 Å². The molecule has 27 heavy (non-hydrogen) atoms. The maximum Gasteiger partial charge on any atom is 0.196 e. The summed E-state index contributed by atoms with van der Waals surface area (Å²) < 4.78 is 2.00. The Balaban J connectivity index is 1.73. The number of nitrogens with one attached hydrogen (secondary N) is 1. The first-order valence-electron chi connectivity index (χ1n) is 8.45. The predicted molar refractivity (Wildman–Crippen MR) is 105 cm³/mol. The number of H-pyrrole nitrogens is 1. The Bertz CT molecular complexity index is 1060. The molecule has 0 saturated carbocycles. The minimum Gasteiger partial charge on any atom is -0.359 e. The number of carbonyl (C=O) groups is 1. The van der Waals surface area contributed by atoms with Gasteiger partial charge >= 0.3 is 0 Å². The third kappa shape index (κ3) is 3.54. The largest absolute Gasteiger partial charge is 0.359 e. The number of aromatic nitrogens is 5. The van der Waals surface area contributed by atoms with Crippen molar-refractivity contribution in [2.45, 2.75) is 12.1 Å². The number of thioether (sulfide) groups is 1. The number of carbonyl (C=O) groups excluding carboxylic acids is 1. The number of rotatable bonds is 6. The lowest BCUT2D eigenvalue weighted by molar-refractivity contribution is 0.101. The van der Waals surface area contributed by atoms with Crippen LogP contribution in [0.15, 0.2) is 72.3 Å². The SMILES string of the molecule is Cc1ccccc1-n1c(SCC(=O)c2ccc[nH]2)nnc1-c1ccncc1. The van der Waals surface area contributed by atoms with Crippen LogP contribution in [0, 0.1) is 6.92 Å². The van der Waals surface area contributed by atoms with Gasteiger partial charge in [0, 0.05) is 24.2 Å². The van der Waals surface area contributed by atoms with Crippen molar-refractivity contribution in [1.29, 1.82) is 0 Å². The van der Waals surface area contributed by atoms with Crippen LogP contribution in [0.4, 0.5) is 0 Å². The van der Waals surface area contributed by atoms with E-state index in [-0.39, 0.29) is 11.5 Å². The van der Waals surface area contributed by atoms with Crippen LogP contribution in [0.1, 0.15) is 16.1 Å². The molecule has 1 aromatic carbocycles. The van der Waals surface area contributed by atoms with Gasteiger partial charge < -0.3 is 4.98 Å². The molecule has 0 unspecified atom stereocenters. The monoisotopic (exact) mass is 375 g/mol. The molecular formula is C20H17N5OS. The molecule has 0 aliphatic heterocycles. The Morgan fingerprint density at radius 1 is 1.07 bits per heavy atom. The highest BCUT2D eigenvalue weighted by Gasteiger charge is 2.18. The average molecular weight is 375 g/mol. The van der Waals surface area contributed by atoms with Gasteiger partial charge in [0.05, 0.1) is 17.1 Å². The Hall–Kier alpha value is -3.19. The second-order valence-corrected chi connectivity index (χ2v) is 6.90. The molecule has 0 saturated heterocycles. The average Bonchev–Trinajstić information content (AvgIpc) is 3.37. The smallest absolute Gasteiger partial charge is 0.196 e. The Morgan fingerprint density at radius 3 is 2.63 bits per heavy atom. The molecule has 134 valence electrons. The second kappa shape index (κ2) is 7.59. The van der Waals surface area contributed by atoms with Crippen LogP contribution < -0.4 is 0 Å². The van der Waals surface area contributed by atoms with E-state index in [1.165, 1.54) is 11.8 Å². The van der Waals surface area contributed by atoms with Crippen LogP contribution in [0.5, 0.6) is 0 Å². The number of benzene rings is 1. The molecule has 7 heteroatoms. The first kappa shape index (κ1) is 17.2. The Labute approximate surface area is 160 Å². The van der Waals surface area contributed by atoms with Gasteiger partial charge in [0.2, 0.25) is 0 Å². The topological polar surface area (TPSA) is 76.5 Å². The van der Waals surface area contributed by atoms with Crippen LogP contribution in [-0.4, -0.2) is 36.3 Å². The Kier molecular flexibility index (Phi) is 4.84. The van der Waals surface area contributed by atoms with Crippen molar-refractivity contribution < 1.29 is 4.79 Å². The summed E-state index contributed by atoms with van der Waals surface area (Å²) in [6, 6.07) is 15.4. The lowest BCUT2D eigenvalue weighted by Gasteiger charge is -2.12. The molecule has 0 aliphatic rings. The number of Topliss-reactive ketones (excluding diaryl/α,β-unsaturated/α-hetero) is 1. The number of hydrogen-bond donors (Lipinski definition) is 1. The standard InChI is InChI=1S/C20H17N5OS/c1-14-5-2-3-7-17(14)25-19(15-8-11-21-12-9-15)23-24-20(25)27-13-18(26)16-6-4-10-22-16/h2-12,22H,13H2,1H3. The van der Waals surface area contributed by atoms with Gasteiger partial charge in [0.1, 0.15) is 0 Å². The molecule has 4 aromatic rings. The number of para-hydroxylation sites is 1. The number of pyridine rings is 1. The molecule has 0 spiro atoms. The molecule has 3 aromatic heterocycles. The summed E-state index contributed by atoms with van der Waals surface area (Å²) in [5.41, 5.74) is 3.61. The van der Waals surface area contributed by atoms with Crippen LogP contribution in [0.25, 0.3) is 17.1 Å². The molecular weight excluding hydrogens is 358 g/mol. The van der Waals surface area contributed by atoms with Crippen molar-refractivity contribution in [1.82, 2.24) is 24.7 Å². The van der Waals surface area contributed by atoms with Gasteiger partial charge in [-0.3, -0.25) is 14.3 Å². The highest BCUT2D eigenvalue weighted by atomic mass is 32.2. The molecule has 0 amide bonds. The van der Waals surface area contributed by atoms with E-state index in [2.05, 4.69) is 20.2 Å². The van der Waals surface area contributed by atoms with Crippen LogP contribution >= 0.6 is 11.8 Å². The third-order valence-corrected chi connectivity index (χ3v) is 5.09. The van der Waals surface area contributed by atoms with Gasteiger partial charge in [0.25, 0.3) is 0 Å². The fourth-order valence-corrected chi connectivity index (χ4v) is 3.62. The number of aryl methyl sites for hydroxylation is 1. The van der Waals surface area contributed by atoms with Gasteiger partial charge in [-0.1, -0.05) is 30.0 Å². The molecule has 0 fully saturated rings.